The van der Waals surface area contributed by atoms with Crippen molar-refractivity contribution in [2.24, 2.45) is 0 Å². The fourth-order valence-corrected chi connectivity index (χ4v) is 2.09. The minimum absolute atomic E-state index is 0.0668. The molecule has 0 aromatic heterocycles. The number of fused-ring (bicyclic) bond motifs is 1. The Morgan fingerprint density at radius 2 is 2.12 bits per heavy atom. The van der Waals surface area contributed by atoms with Crippen LogP contribution in [0.2, 0.25) is 0 Å². The van der Waals surface area contributed by atoms with Crippen molar-refractivity contribution in [3.05, 3.63) is 23.8 Å². The number of carbonyl (C=O) groups excluding carboxylic acids is 1. The fourth-order valence-electron chi connectivity index (χ4n) is 2.09. The van der Waals surface area contributed by atoms with Crippen molar-refractivity contribution in [3.63, 3.8) is 0 Å². The molecule has 1 aromatic carbocycles. The van der Waals surface area contributed by atoms with E-state index in [0.717, 1.165) is 17.0 Å². The molecule has 92 valence electrons. The monoisotopic (exact) mass is 234 g/mol. The first-order chi connectivity index (χ1) is 8.04. The van der Waals surface area contributed by atoms with Gasteiger partial charge in [0.05, 0.1) is 19.7 Å². The lowest BCUT2D eigenvalue weighted by molar-refractivity contribution is -0.118. The second-order valence-electron chi connectivity index (χ2n) is 4.53. The average Bonchev–Trinajstić information content (AvgIpc) is 2.62. The molecule has 0 spiro atoms. The molecule has 0 fully saturated rings. The van der Waals surface area contributed by atoms with E-state index in [9.17, 15) is 4.79 Å². The predicted octanol–water partition coefficient (Wildman–Crippen LogP) is 1.49. The number of carbonyl (C=O) groups is 1. The lowest BCUT2D eigenvalue weighted by Gasteiger charge is -2.30. The van der Waals surface area contributed by atoms with Gasteiger partial charge in [0.2, 0.25) is 5.91 Å². The predicted molar refractivity (Wildman–Crippen MR) is 67.3 cm³/mol. The van der Waals surface area contributed by atoms with E-state index < -0.39 is 0 Å². The zero-order chi connectivity index (χ0) is 12.6. The Labute approximate surface area is 102 Å². The number of hydrogen-bond acceptors (Lipinski definition) is 3. The van der Waals surface area contributed by atoms with E-state index in [1.54, 1.807) is 7.11 Å². The van der Waals surface area contributed by atoms with Crippen LogP contribution in [-0.2, 0) is 11.2 Å². The highest BCUT2D eigenvalue weighted by Gasteiger charge is 2.31. The molecule has 1 unspecified atom stereocenters. The molecule has 4 nitrogen and oxygen atoms in total. The molecule has 0 saturated heterocycles. The maximum Gasteiger partial charge on any atom is 0.232 e. The van der Waals surface area contributed by atoms with Crippen LogP contribution in [0.5, 0.6) is 5.75 Å². The summed E-state index contributed by atoms with van der Waals surface area (Å²) in [6, 6.07) is 5.79. The lowest BCUT2D eigenvalue weighted by Crippen LogP contribution is -2.44. The van der Waals surface area contributed by atoms with Crippen molar-refractivity contribution in [3.8, 4) is 5.75 Å². The molecule has 1 amide bonds. The smallest absolute Gasteiger partial charge is 0.232 e. The summed E-state index contributed by atoms with van der Waals surface area (Å²) >= 11 is 0. The summed E-state index contributed by atoms with van der Waals surface area (Å²) in [5.74, 6) is 0.949. The molecule has 0 bridgehead atoms. The topological polar surface area (TPSA) is 32.8 Å². The summed E-state index contributed by atoms with van der Waals surface area (Å²) in [7, 11) is 5.58. The van der Waals surface area contributed by atoms with E-state index in [1.807, 2.05) is 49.0 Å². The first-order valence-corrected chi connectivity index (χ1v) is 5.70. The van der Waals surface area contributed by atoms with Crippen LogP contribution in [0, 0.1) is 0 Å². The van der Waals surface area contributed by atoms with Gasteiger partial charge >= 0.3 is 0 Å². The molecular weight excluding hydrogens is 216 g/mol. The van der Waals surface area contributed by atoms with Crippen molar-refractivity contribution in [1.29, 1.82) is 0 Å². The largest absolute Gasteiger partial charge is 0.497 e. The minimum atomic E-state index is 0.0668. The van der Waals surface area contributed by atoms with E-state index in [1.165, 1.54) is 0 Å². The molecule has 1 aromatic rings. The maximum atomic E-state index is 12.0. The quantitative estimate of drug-likeness (QED) is 0.794. The molecule has 0 radical (unpaired) electrons. The van der Waals surface area contributed by atoms with E-state index in [0.29, 0.717) is 6.42 Å². The third kappa shape index (κ3) is 2.00. The van der Waals surface area contributed by atoms with Gasteiger partial charge < -0.3 is 4.74 Å². The van der Waals surface area contributed by atoms with Gasteiger partial charge in [0.25, 0.3) is 0 Å². The highest BCUT2D eigenvalue weighted by molar-refractivity contribution is 6.01. The van der Waals surface area contributed by atoms with Gasteiger partial charge in [0.1, 0.15) is 5.75 Å². The second kappa shape index (κ2) is 4.37. The minimum Gasteiger partial charge on any atom is -0.497 e. The van der Waals surface area contributed by atoms with Gasteiger partial charge in [0.15, 0.2) is 0 Å². The highest BCUT2D eigenvalue weighted by atomic mass is 16.5. The van der Waals surface area contributed by atoms with Crippen LogP contribution in [0.25, 0.3) is 0 Å². The molecule has 1 heterocycles. The van der Waals surface area contributed by atoms with Gasteiger partial charge in [-0.1, -0.05) is 0 Å². The Morgan fingerprint density at radius 3 is 2.71 bits per heavy atom. The molecule has 0 saturated carbocycles. The molecule has 1 atom stereocenters. The van der Waals surface area contributed by atoms with Gasteiger partial charge in [0, 0.05) is 5.69 Å². The molecule has 0 aliphatic carbocycles. The number of amides is 1. The highest BCUT2D eigenvalue weighted by Crippen LogP contribution is 2.33. The molecular formula is C13H18N2O2. The van der Waals surface area contributed by atoms with Crippen LogP contribution >= 0.6 is 0 Å². The molecule has 1 aliphatic rings. The van der Waals surface area contributed by atoms with Gasteiger partial charge in [-0.05, 0) is 44.8 Å². The zero-order valence-corrected chi connectivity index (χ0v) is 10.7. The number of rotatable bonds is 3. The van der Waals surface area contributed by atoms with E-state index in [-0.39, 0.29) is 12.1 Å². The van der Waals surface area contributed by atoms with Gasteiger partial charge in [-0.15, -0.1) is 0 Å². The zero-order valence-electron chi connectivity index (χ0n) is 10.7. The summed E-state index contributed by atoms with van der Waals surface area (Å²) in [4.78, 5) is 15.9. The van der Waals surface area contributed by atoms with Crippen LogP contribution < -0.4 is 9.64 Å². The Balaban J connectivity index is 2.37. The summed E-state index contributed by atoms with van der Waals surface area (Å²) in [6.45, 7) is 2.03. The molecule has 0 N–H and O–H groups in total. The molecule has 4 heteroatoms. The second-order valence-corrected chi connectivity index (χ2v) is 4.53. The summed E-state index contributed by atoms with van der Waals surface area (Å²) in [5, 5.41) is 0. The normalized spacial score (nSPS) is 16.3. The van der Waals surface area contributed by atoms with Crippen LogP contribution in [0.3, 0.4) is 0 Å². The van der Waals surface area contributed by atoms with Crippen molar-refractivity contribution in [2.45, 2.75) is 19.5 Å². The fraction of sp³-hybridized carbons (Fsp3) is 0.462. The molecule has 1 aliphatic heterocycles. The first-order valence-electron chi connectivity index (χ1n) is 5.70. The van der Waals surface area contributed by atoms with Gasteiger partial charge in [-0.2, -0.15) is 0 Å². The molecule has 17 heavy (non-hydrogen) atoms. The van der Waals surface area contributed by atoms with Gasteiger partial charge in [-0.25, -0.2) is 0 Å². The van der Waals surface area contributed by atoms with Crippen LogP contribution in [-0.4, -0.2) is 38.2 Å². The van der Waals surface area contributed by atoms with E-state index in [2.05, 4.69) is 0 Å². The van der Waals surface area contributed by atoms with Crippen molar-refractivity contribution >= 4 is 11.6 Å². The standard InChI is InChI=1S/C13H18N2O2/c1-9(14(2)3)15-12-6-5-11(17-4)7-10(12)8-13(15)16/h5-7,9H,8H2,1-4H3. The number of benzene rings is 1. The number of hydrogen-bond donors (Lipinski definition) is 0. The first kappa shape index (κ1) is 11.9. The number of nitrogens with zero attached hydrogens (tertiary/aromatic N) is 2. The van der Waals surface area contributed by atoms with E-state index >= 15 is 0 Å². The van der Waals surface area contributed by atoms with Crippen molar-refractivity contribution in [2.75, 3.05) is 26.1 Å². The summed E-state index contributed by atoms with van der Waals surface area (Å²) in [5.41, 5.74) is 2.04. The summed E-state index contributed by atoms with van der Waals surface area (Å²) in [6.07, 6.45) is 0.530. The van der Waals surface area contributed by atoms with E-state index in [4.69, 9.17) is 4.74 Å². The Morgan fingerprint density at radius 1 is 1.41 bits per heavy atom. The number of ether oxygens (including phenoxy) is 1. The SMILES string of the molecule is COc1ccc2c(c1)CC(=O)N2C(C)N(C)C. The Hall–Kier alpha value is -1.55. The Bertz CT molecular complexity index is 443. The van der Waals surface area contributed by atoms with Crippen molar-refractivity contribution in [1.82, 2.24) is 4.90 Å². The Kier molecular flexibility index (Phi) is 3.07. The third-order valence-corrected chi connectivity index (χ3v) is 3.28. The average molecular weight is 234 g/mol. The number of anilines is 1. The van der Waals surface area contributed by atoms with Gasteiger partial charge in [-0.3, -0.25) is 14.6 Å². The third-order valence-electron chi connectivity index (χ3n) is 3.28. The maximum absolute atomic E-state index is 12.0. The summed E-state index contributed by atoms with van der Waals surface area (Å²) < 4.78 is 5.18. The van der Waals surface area contributed by atoms with Crippen LogP contribution in [0.1, 0.15) is 12.5 Å². The van der Waals surface area contributed by atoms with Crippen LogP contribution in [0.15, 0.2) is 18.2 Å². The number of methoxy groups -OCH3 is 1. The van der Waals surface area contributed by atoms with Crippen molar-refractivity contribution < 1.29 is 9.53 Å². The molecule has 2 rings (SSSR count). The van der Waals surface area contributed by atoms with Crippen LogP contribution in [0.4, 0.5) is 5.69 Å². The lowest BCUT2D eigenvalue weighted by atomic mass is 10.1.